The lowest BCUT2D eigenvalue weighted by atomic mass is 10.1. The lowest BCUT2D eigenvalue weighted by molar-refractivity contribution is -0.274. The fraction of sp³-hybridized carbons (Fsp3) is 0.385. The molecular weight excluding hydrogens is 257 g/mol. The van der Waals surface area contributed by atoms with Crippen molar-refractivity contribution in [2.75, 3.05) is 20.6 Å². The first-order valence-electron chi connectivity index (χ1n) is 5.86. The zero-order chi connectivity index (χ0) is 14.0. The maximum absolute atomic E-state index is 12.4. The smallest absolute Gasteiger partial charge is 0.405 e. The van der Waals surface area contributed by atoms with Crippen LogP contribution >= 0.6 is 0 Å². The van der Waals surface area contributed by atoms with E-state index in [4.69, 9.17) is 0 Å². The maximum Gasteiger partial charge on any atom is 0.573 e. The molecule has 1 aromatic carbocycles. The number of nitrogens with one attached hydrogen (secondary N) is 1. The number of ether oxygens (including phenoxy) is 1. The Balaban J connectivity index is 2.37. The number of H-pyrrole nitrogens is 1. The van der Waals surface area contributed by atoms with Gasteiger partial charge < -0.3 is 14.6 Å². The molecule has 1 aromatic heterocycles. The first kappa shape index (κ1) is 13.7. The van der Waals surface area contributed by atoms with E-state index in [1.165, 1.54) is 12.1 Å². The van der Waals surface area contributed by atoms with Gasteiger partial charge in [0.05, 0.1) is 0 Å². The van der Waals surface area contributed by atoms with Crippen molar-refractivity contribution in [3.8, 4) is 5.75 Å². The molecule has 0 radical (unpaired) electrons. The van der Waals surface area contributed by atoms with Crippen molar-refractivity contribution in [3.05, 3.63) is 30.0 Å². The molecule has 6 heteroatoms. The van der Waals surface area contributed by atoms with Gasteiger partial charge in [0.25, 0.3) is 0 Å². The van der Waals surface area contributed by atoms with Crippen molar-refractivity contribution in [1.29, 1.82) is 0 Å². The van der Waals surface area contributed by atoms with Crippen molar-refractivity contribution in [2.45, 2.75) is 12.8 Å². The van der Waals surface area contributed by atoms with Gasteiger partial charge in [-0.05, 0) is 38.2 Å². The third-order valence-electron chi connectivity index (χ3n) is 2.80. The lowest BCUT2D eigenvalue weighted by Gasteiger charge is -2.12. The third kappa shape index (κ3) is 3.41. The average Bonchev–Trinajstić information content (AvgIpc) is 2.68. The van der Waals surface area contributed by atoms with Crippen LogP contribution in [0.1, 0.15) is 5.56 Å². The highest BCUT2D eigenvalue weighted by molar-refractivity contribution is 5.89. The number of rotatable bonds is 4. The van der Waals surface area contributed by atoms with Gasteiger partial charge in [-0.15, -0.1) is 13.2 Å². The molecule has 0 saturated heterocycles. The number of alkyl halides is 3. The monoisotopic (exact) mass is 272 g/mol. The molecule has 0 fully saturated rings. The first-order chi connectivity index (χ1) is 8.87. The zero-order valence-corrected chi connectivity index (χ0v) is 10.7. The summed E-state index contributed by atoms with van der Waals surface area (Å²) in [5, 5.41) is 0.502. The highest BCUT2D eigenvalue weighted by Gasteiger charge is 2.32. The second kappa shape index (κ2) is 5.13. The zero-order valence-electron chi connectivity index (χ0n) is 10.7. The normalized spacial score (nSPS) is 12.3. The van der Waals surface area contributed by atoms with E-state index in [1.54, 1.807) is 12.3 Å². The molecule has 0 aliphatic carbocycles. The number of likely N-dealkylation sites (N-methyl/N-ethyl adjacent to an activating group) is 1. The minimum atomic E-state index is -4.68. The molecule has 3 nitrogen and oxygen atoms in total. The number of halogens is 3. The van der Waals surface area contributed by atoms with Gasteiger partial charge in [-0.2, -0.15) is 0 Å². The lowest BCUT2D eigenvalue weighted by Crippen LogP contribution is -2.18. The summed E-state index contributed by atoms with van der Waals surface area (Å²) in [6.07, 6.45) is -2.28. The highest BCUT2D eigenvalue weighted by Crippen LogP contribution is 2.32. The summed E-state index contributed by atoms with van der Waals surface area (Å²) in [6.45, 7) is 0.757. The van der Waals surface area contributed by atoms with Crippen LogP contribution in [-0.4, -0.2) is 36.9 Å². The van der Waals surface area contributed by atoms with Gasteiger partial charge in [-0.25, -0.2) is 0 Å². The molecule has 19 heavy (non-hydrogen) atoms. The summed E-state index contributed by atoms with van der Waals surface area (Å²) in [4.78, 5) is 4.95. The van der Waals surface area contributed by atoms with E-state index in [0.717, 1.165) is 12.1 Å². The minimum Gasteiger partial charge on any atom is -0.405 e. The van der Waals surface area contributed by atoms with Crippen LogP contribution in [0.3, 0.4) is 0 Å². The molecule has 0 atom stereocenters. The Hall–Kier alpha value is -1.69. The number of aromatic nitrogens is 1. The van der Waals surface area contributed by atoms with Gasteiger partial charge in [0.15, 0.2) is 0 Å². The van der Waals surface area contributed by atoms with Gasteiger partial charge in [-0.1, -0.05) is 6.07 Å². The van der Waals surface area contributed by atoms with E-state index in [9.17, 15) is 13.2 Å². The SMILES string of the molecule is CN(C)CCc1c[nH]c2cccc(OC(F)(F)F)c12. The molecule has 2 aromatic rings. The Morgan fingerprint density at radius 2 is 2.00 bits per heavy atom. The van der Waals surface area contributed by atoms with E-state index in [1.807, 2.05) is 19.0 Å². The van der Waals surface area contributed by atoms with Crippen molar-refractivity contribution in [1.82, 2.24) is 9.88 Å². The Morgan fingerprint density at radius 3 is 2.63 bits per heavy atom. The fourth-order valence-electron chi connectivity index (χ4n) is 1.97. The van der Waals surface area contributed by atoms with Crippen LogP contribution in [0.5, 0.6) is 5.75 Å². The number of fused-ring (bicyclic) bond motifs is 1. The molecule has 104 valence electrons. The summed E-state index contributed by atoms with van der Waals surface area (Å²) in [6, 6.07) is 4.61. The van der Waals surface area contributed by atoms with Crippen LogP contribution in [0.2, 0.25) is 0 Å². The number of benzene rings is 1. The van der Waals surface area contributed by atoms with Crippen molar-refractivity contribution in [2.24, 2.45) is 0 Å². The summed E-state index contributed by atoms with van der Waals surface area (Å²) in [7, 11) is 3.84. The first-order valence-corrected chi connectivity index (χ1v) is 5.86. The van der Waals surface area contributed by atoms with E-state index < -0.39 is 6.36 Å². The third-order valence-corrected chi connectivity index (χ3v) is 2.80. The summed E-state index contributed by atoms with van der Waals surface area (Å²) in [5.41, 5.74) is 1.47. The highest BCUT2D eigenvalue weighted by atomic mass is 19.4. The van der Waals surface area contributed by atoms with Crippen LogP contribution in [0.25, 0.3) is 10.9 Å². The molecule has 2 rings (SSSR count). The van der Waals surface area contributed by atoms with E-state index in [0.29, 0.717) is 17.3 Å². The molecule has 0 aliphatic heterocycles. The van der Waals surface area contributed by atoms with Gasteiger partial charge in [0.2, 0.25) is 0 Å². The van der Waals surface area contributed by atoms with Crippen LogP contribution in [0.4, 0.5) is 13.2 Å². The number of nitrogens with zero attached hydrogens (tertiary/aromatic N) is 1. The average molecular weight is 272 g/mol. The van der Waals surface area contributed by atoms with Crippen molar-refractivity contribution < 1.29 is 17.9 Å². The van der Waals surface area contributed by atoms with E-state index in [2.05, 4.69) is 9.72 Å². The largest absolute Gasteiger partial charge is 0.573 e. The van der Waals surface area contributed by atoms with Crippen LogP contribution < -0.4 is 4.74 Å². The molecular formula is C13H15F3N2O. The Kier molecular flexibility index (Phi) is 3.71. The second-order valence-corrected chi connectivity index (χ2v) is 4.59. The van der Waals surface area contributed by atoms with Crippen LogP contribution in [-0.2, 0) is 6.42 Å². The fourth-order valence-corrected chi connectivity index (χ4v) is 1.97. The molecule has 0 spiro atoms. The predicted octanol–water partition coefficient (Wildman–Crippen LogP) is 3.17. The van der Waals surface area contributed by atoms with Crippen molar-refractivity contribution in [3.63, 3.8) is 0 Å². The van der Waals surface area contributed by atoms with Crippen LogP contribution in [0, 0.1) is 0 Å². The van der Waals surface area contributed by atoms with Crippen LogP contribution in [0.15, 0.2) is 24.4 Å². The molecule has 1 N–H and O–H groups in total. The molecule has 0 saturated carbocycles. The van der Waals surface area contributed by atoms with Gasteiger partial charge in [-0.3, -0.25) is 0 Å². The molecule has 0 unspecified atom stereocenters. The summed E-state index contributed by atoms with van der Waals surface area (Å²) >= 11 is 0. The topological polar surface area (TPSA) is 28.3 Å². The quantitative estimate of drug-likeness (QED) is 0.926. The number of hydrogen-bond acceptors (Lipinski definition) is 2. The Bertz CT molecular complexity index is 561. The molecule has 0 bridgehead atoms. The Morgan fingerprint density at radius 1 is 1.26 bits per heavy atom. The number of aromatic amines is 1. The molecule has 0 amide bonds. The van der Waals surface area contributed by atoms with Gasteiger partial charge in [0.1, 0.15) is 5.75 Å². The summed E-state index contributed by atoms with van der Waals surface area (Å²) in [5.74, 6) is -0.153. The predicted molar refractivity (Wildman–Crippen MR) is 67.2 cm³/mol. The van der Waals surface area contributed by atoms with Gasteiger partial charge >= 0.3 is 6.36 Å². The molecule has 0 aliphatic rings. The minimum absolute atomic E-state index is 0.153. The molecule has 1 heterocycles. The number of hydrogen-bond donors (Lipinski definition) is 1. The van der Waals surface area contributed by atoms with Crippen molar-refractivity contribution >= 4 is 10.9 Å². The van der Waals surface area contributed by atoms with E-state index >= 15 is 0 Å². The standard InChI is InChI=1S/C13H15F3N2O/c1-18(2)7-6-9-8-17-10-4-3-5-11(12(9)10)19-13(14,15)16/h3-5,8,17H,6-7H2,1-2H3. The van der Waals surface area contributed by atoms with E-state index in [-0.39, 0.29) is 5.75 Å². The Labute approximate surface area is 109 Å². The maximum atomic E-state index is 12.4. The van der Waals surface area contributed by atoms with Gasteiger partial charge in [0, 0.05) is 23.6 Å². The summed E-state index contributed by atoms with van der Waals surface area (Å²) < 4.78 is 41.2. The second-order valence-electron chi connectivity index (χ2n) is 4.59.